The number of hydrogen-bond acceptors (Lipinski definition) is 7. The standard InChI is InChI=1S/C16H20N2O6/c1-4-23-15(20)13(16(21)24-5-2)10-17-18-14(19)11-6-8-12(22-3)9-7-11/h6-10,17H,4-5H2,1-3H3,(H,18,19). The molecule has 0 unspecified atom stereocenters. The average Bonchev–Trinajstić information content (AvgIpc) is 2.58. The minimum absolute atomic E-state index is 0.105. The summed E-state index contributed by atoms with van der Waals surface area (Å²) in [5.41, 5.74) is 4.75. The van der Waals surface area contributed by atoms with Crippen LogP contribution in [0.1, 0.15) is 24.2 Å². The molecule has 0 fully saturated rings. The zero-order valence-electron chi connectivity index (χ0n) is 13.8. The molecule has 8 nitrogen and oxygen atoms in total. The first-order chi connectivity index (χ1) is 11.5. The van der Waals surface area contributed by atoms with Crippen molar-refractivity contribution >= 4 is 17.8 Å². The monoisotopic (exact) mass is 336 g/mol. The predicted molar refractivity (Wildman–Crippen MR) is 84.9 cm³/mol. The van der Waals surface area contributed by atoms with E-state index in [0.29, 0.717) is 11.3 Å². The lowest BCUT2D eigenvalue weighted by molar-refractivity contribution is -0.146. The van der Waals surface area contributed by atoms with Crippen LogP contribution in [0.4, 0.5) is 0 Å². The van der Waals surface area contributed by atoms with Gasteiger partial charge in [-0.15, -0.1) is 0 Å². The minimum atomic E-state index is -0.845. The Kier molecular flexibility index (Phi) is 7.83. The third kappa shape index (κ3) is 5.64. The molecule has 8 heteroatoms. The van der Waals surface area contributed by atoms with Crippen LogP contribution < -0.4 is 15.6 Å². The van der Waals surface area contributed by atoms with Crippen molar-refractivity contribution in [2.75, 3.05) is 20.3 Å². The summed E-state index contributed by atoms with van der Waals surface area (Å²) >= 11 is 0. The van der Waals surface area contributed by atoms with E-state index in [1.54, 1.807) is 38.1 Å². The van der Waals surface area contributed by atoms with Gasteiger partial charge in [-0.3, -0.25) is 10.2 Å². The summed E-state index contributed by atoms with van der Waals surface area (Å²) in [6, 6.07) is 6.40. The maximum atomic E-state index is 11.9. The number of benzene rings is 1. The molecule has 24 heavy (non-hydrogen) atoms. The molecule has 1 aromatic carbocycles. The second kappa shape index (κ2) is 9.88. The van der Waals surface area contributed by atoms with Crippen molar-refractivity contribution in [3.05, 3.63) is 41.6 Å². The largest absolute Gasteiger partial charge is 0.497 e. The SMILES string of the molecule is CCOC(=O)C(=CNNC(=O)c1ccc(OC)cc1)C(=O)OCC. The van der Waals surface area contributed by atoms with Gasteiger partial charge in [-0.05, 0) is 38.1 Å². The van der Waals surface area contributed by atoms with Crippen LogP contribution in [0.25, 0.3) is 0 Å². The topological polar surface area (TPSA) is 103 Å². The number of nitrogens with one attached hydrogen (secondary N) is 2. The Morgan fingerprint density at radius 1 is 1.00 bits per heavy atom. The van der Waals surface area contributed by atoms with Crippen LogP contribution in [0.5, 0.6) is 5.75 Å². The summed E-state index contributed by atoms with van der Waals surface area (Å²) in [4.78, 5) is 35.4. The van der Waals surface area contributed by atoms with Crippen molar-refractivity contribution < 1.29 is 28.6 Å². The first-order valence-electron chi connectivity index (χ1n) is 7.27. The molecule has 0 aliphatic carbocycles. The van der Waals surface area contributed by atoms with Crippen molar-refractivity contribution in [2.24, 2.45) is 0 Å². The molecule has 0 aromatic heterocycles. The third-order valence-electron chi connectivity index (χ3n) is 2.75. The number of ether oxygens (including phenoxy) is 3. The average molecular weight is 336 g/mol. The molecule has 0 aliphatic rings. The fourth-order valence-electron chi connectivity index (χ4n) is 1.61. The number of hydrazine groups is 1. The van der Waals surface area contributed by atoms with Crippen LogP contribution >= 0.6 is 0 Å². The van der Waals surface area contributed by atoms with Gasteiger partial charge in [0.05, 0.1) is 20.3 Å². The Balaban J connectivity index is 2.72. The molecule has 0 spiro atoms. The van der Waals surface area contributed by atoms with E-state index in [4.69, 9.17) is 14.2 Å². The minimum Gasteiger partial charge on any atom is -0.497 e. The maximum absolute atomic E-state index is 11.9. The zero-order chi connectivity index (χ0) is 17.9. The highest BCUT2D eigenvalue weighted by molar-refractivity contribution is 6.14. The van der Waals surface area contributed by atoms with Crippen molar-refractivity contribution in [1.82, 2.24) is 10.9 Å². The van der Waals surface area contributed by atoms with Crippen molar-refractivity contribution in [3.8, 4) is 5.75 Å². The lowest BCUT2D eigenvalue weighted by Crippen LogP contribution is -2.35. The van der Waals surface area contributed by atoms with Crippen LogP contribution in [0.3, 0.4) is 0 Å². The highest BCUT2D eigenvalue weighted by Crippen LogP contribution is 2.10. The number of amides is 1. The molecule has 0 aliphatic heterocycles. The van der Waals surface area contributed by atoms with E-state index in [1.807, 2.05) is 0 Å². The Hall–Kier alpha value is -3.03. The number of carbonyl (C=O) groups excluding carboxylic acids is 3. The van der Waals surface area contributed by atoms with Crippen molar-refractivity contribution in [1.29, 1.82) is 0 Å². The van der Waals surface area contributed by atoms with Gasteiger partial charge in [0.1, 0.15) is 5.75 Å². The Morgan fingerprint density at radius 3 is 2.00 bits per heavy atom. The van der Waals surface area contributed by atoms with Crippen LogP contribution in [0, 0.1) is 0 Å². The van der Waals surface area contributed by atoms with Crippen molar-refractivity contribution in [3.63, 3.8) is 0 Å². The van der Waals surface area contributed by atoms with Gasteiger partial charge in [0.2, 0.25) is 0 Å². The van der Waals surface area contributed by atoms with E-state index in [2.05, 4.69) is 10.9 Å². The summed E-state index contributed by atoms with van der Waals surface area (Å²) in [6.07, 6.45) is 1.03. The van der Waals surface area contributed by atoms with Crippen LogP contribution in [0.15, 0.2) is 36.0 Å². The van der Waals surface area contributed by atoms with Crippen LogP contribution in [-0.4, -0.2) is 38.2 Å². The first-order valence-corrected chi connectivity index (χ1v) is 7.27. The fourth-order valence-corrected chi connectivity index (χ4v) is 1.61. The van der Waals surface area contributed by atoms with Gasteiger partial charge in [-0.25, -0.2) is 9.59 Å². The molecule has 0 atom stereocenters. The van der Waals surface area contributed by atoms with Gasteiger partial charge in [-0.2, -0.15) is 0 Å². The molecule has 1 aromatic rings. The van der Waals surface area contributed by atoms with E-state index in [0.717, 1.165) is 6.20 Å². The Bertz CT molecular complexity index is 589. The second-order valence-corrected chi connectivity index (χ2v) is 4.33. The predicted octanol–water partition coefficient (Wildman–Crippen LogP) is 0.940. The molecule has 1 amide bonds. The van der Waals surface area contributed by atoms with Crippen LogP contribution in [0.2, 0.25) is 0 Å². The molecule has 1 rings (SSSR count). The smallest absolute Gasteiger partial charge is 0.347 e. The summed E-state index contributed by atoms with van der Waals surface area (Å²) in [6.45, 7) is 3.43. The molecular weight excluding hydrogens is 316 g/mol. The highest BCUT2D eigenvalue weighted by atomic mass is 16.6. The Labute approximate surface area is 139 Å². The third-order valence-corrected chi connectivity index (χ3v) is 2.75. The summed E-state index contributed by atoms with van der Waals surface area (Å²) < 4.78 is 14.5. The first kappa shape index (κ1) is 19.0. The van der Waals surface area contributed by atoms with Gasteiger partial charge in [0.25, 0.3) is 5.91 Å². The molecule has 2 N–H and O–H groups in total. The van der Waals surface area contributed by atoms with Gasteiger partial charge < -0.3 is 19.6 Å². The lowest BCUT2D eigenvalue weighted by Gasteiger charge is -2.09. The number of esters is 2. The Morgan fingerprint density at radius 2 is 1.54 bits per heavy atom. The molecular formula is C16H20N2O6. The van der Waals surface area contributed by atoms with E-state index in [-0.39, 0.29) is 18.8 Å². The molecule has 0 radical (unpaired) electrons. The van der Waals surface area contributed by atoms with Gasteiger partial charge in [0, 0.05) is 11.8 Å². The number of carbonyl (C=O) groups is 3. The van der Waals surface area contributed by atoms with Gasteiger partial charge in [-0.1, -0.05) is 0 Å². The molecule has 130 valence electrons. The number of rotatable bonds is 8. The van der Waals surface area contributed by atoms with E-state index >= 15 is 0 Å². The summed E-state index contributed by atoms with van der Waals surface area (Å²) in [7, 11) is 1.52. The van der Waals surface area contributed by atoms with Crippen LogP contribution in [-0.2, 0) is 19.1 Å². The number of methoxy groups -OCH3 is 1. The summed E-state index contributed by atoms with van der Waals surface area (Å²) in [5, 5.41) is 0. The normalized spacial score (nSPS) is 9.46. The summed E-state index contributed by atoms with van der Waals surface area (Å²) in [5.74, 6) is -1.53. The van der Waals surface area contributed by atoms with Gasteiger partial charge >= 0.3 is 11.9 Å². The maximum Gasteiger partial charge on any atom is 0.347 e. The van der Waals surface area contributed by atoms with E-state index < -0.39 is 17.8 Å². The zero-order valence-corrected chi connectivity index (χ0v) is 13.8. The van der Waals surface area contributed by atoms with E-state index in [1.165, 1.54) is 7.11 Å². The quantitative estimate of drug-likeness (QED) is 0.239. The number of hydrogen-bond donors (Lipinski definition) is 2. The van der Waals surface area contributed by atoms with Gasteiger partial charge in [0.15, 0.2) is 5.57 Å². The lowest BCUT2D eigenvalue weighted by atomic mass is 10.2. The molecule has 0 saturated heterocycles. The molecule has 0 heterocycles. The molecule has 0 saturated carbocycles. The van der Waals surface area contributed by atoms with E-state index in [9.17, 15) is 14.4 Å². The second-order valence-electron chi connectivity index (χ2n) is 4.33. The molecule has 0 bridgehead atoms. The van der Waals surface area contributed by atoms with Crippen molar-refractivity contribution in [2.45, 2.75) is 13.8 Å². The highest BCUT2D eigenvalue weighted by Gasteiger charge is 2.21. The fraction of sp³-hybridized carbons (Fsp3) is 0.312.